The summed E-state index contributed by atoms with van der Waals surface area (Å²) in [6.07, 6.45) is -1.79. The van der Waals surface area contributed by atoms with Crippen LogP contribution >= 0.6 is 0 Å². The molecule has 0 aromatic heterocycles. The Morgan fingerprint density at radius 1 is 0.319 bits per heavy atom. The number of rotatable bonds is 25. The number of ketones is 6. The fourth-order valence-electron chi connectivity index (χ4n) is 5.10. The molecule has 0 aliphatic rings. The van der Waals surface area contributed by atoms with E-state index in [0.29, 0.717) is 0 Å². The van der Waals surface area contributed by atoms with Crippen LogP contribution in [-0.4, -0.2) is 95.6 Å². The highest BCUT2D eigenvalue weighted by molar-refractivity contribution is 5.87. The number of Topliss-reactive ketones (excluding diaryl/α,β-unsaturated/α-hetero) is 6. The standard InChI is InChI=1S/C32H51N5O10/c1-18(38)8-24(33-7)14-29(44)37-28(16-31(46)35-26(11-21(4)41)12-22(5)42)17-32(47)36-27(13-23(6)43)15-30(45)34-25(9-19(2)39)10-20(3)40/h24-28,33H,8-17H2,1-7H3,(H,34,45)(H,35,46)(H,36,47)(H,37,44). The minimum Gasteiger partial charge on any atom is -0.352 e. The Hall–Kier alpha value is -4.14. The Bertz CT molecular complexity index is 1150. The molecule has 0 saturated carbocycles. The van der Waals surface area contributed by atoms with Gasteiger partial charge in [0.25, 0.3) is 0 Å². The van der Waals surface area contributed by atoms with Gasteiger partial charge in [-0.2, -0.15) is 0 Å². The summed E-state index contributed by atoms with van der Waals surface area (Å²) in [7, 11) is 1.58. The third-order valence-electron chi connectivity index (χ3n) is 6.80. The van der Waals surface area contributed by atoms with Crippen LogP contribution in [0.25, 0.3) is 0 Å². The molecule has 3 atom stereocenters. The summed E-state index contributed by atoms with van der Waals surface area (Å²) in [5.74, 6) is -3.93. The second kappa shape index (κ2) is 22.4. The number of hydrogen-bond donors (Lipinski definition) is 5. The maximum absolute atomic E-state index is 13.2. The molecule has 264 valence electrons. The van der Waals surface area contributed by atoms with Crippen molar-refractivity contribution in [3.8, 4) is 0 Å². The maximum Gasteiger partial charge on any atom is 0.222 e. The third kappa shape index (κ3) is 22.9. The summed E-state index contributed by atoms with van der Waals surface area (Å²) in [6.45, 7) is 7.93. The Labute approximate surface area is 275 Å². The topological polar surface area (TPSA) is 231 Å². The van der Waals surface area contributed by atoms with Crippen molar-refractivity contribution in [3.05, 3.63) is 0 Å². The summed E-state index contributed by atoms with van der Waals surface area (Å²) in [6, 6.07) is -4.07. The van der Waals surface area contributed by atoms with Crippen LogP contribution < -0.4 is 26.6 Å². The molecule has 0 bridgehead atoms. The van der Waals surface area contributed by atoms with E-state index in [4.69, 9.17) is 0 Å². The van der Waals surface area contributed by atoms with Gasteiger partial charge in [-0.3, -0.25) is 47.9 Å². The maximum atomic E-state index is 13.2. The van der Waals surface area contributed by atoms with E-state index >= 15 is 0 Å². The lowest BCUT2D eigenvalue weighted by Gasteiger charge is -2.24. The van der Waals surface area contributed by atoms with Crippen LogP contribution in [-0.2, 0) is 47.9 Å². The molecule has 0 aromatic carbocycles. The van der Waals surface area contributed by atoms with Crippen LogP contribution in [0.1, 0.15) is 106 Å². The van der Waals surface area contributed by atoms with Gasteiger partial charge < -0.3 is 26.6 Å². The number of carbonyl (C=O) groups is 10. The SMILES string of the molecule is CNC(CC(C)=O)CC(=O)NC(CC(=O)NC(CC(C)=O)CC(C)=O)CC(=O)NC(CC(C)=O)CC(=O)NC(CC(C)=O)CC(C)=O. The third-order valence-corrected chi connectivity index (χ3v) is 6.80. The minimum absolute atomic E-state index is 0.0704. The first-order valence-corrected chi connectivity index (χ1v) is 15.6. The predicted molar refractivity (Wildman–Crippen MR) is 171 cm³/mol. The molecular formula is C32H51N5O10. The van der Waals surface area contributed by atoms with Crippen molar-refractivity contribution in [3.63, 3.8) is 0 Å². The summed E-state index contributed by atoms with van der Waals surface area (Å²) in [5.41, 5.74) is 0. The van der Waals surface area contributed by atoms with E-state index in [9.17, 15) is 47.9 Å². The zero-order chi connectivity index (χ0) is 36.3. The fraction of sp³-hybridized carbons (Fsp3) is 0.688. The lowest BCUT2D eigenvalue weighted by molar-refractivity contribution is -0.126. The van der Waals surface area contributed by atoms with Crippen molar-refractivity contribution in [2.24, 2.45) is 0 Å². The zero-order valence-electron chi connectivity index (χ0n) is 28.5. The van der Waals surface area contributed by atoms with Gasteiger partial charge in [0, 0.05) is 94.4 Å². The number of hydrogen-bond acceptors (Lipinski definition) is 11. The molecular weight excluding hydrogens is 614 g/mol. The predicted octanol–water partition coefficient (Wildman–Crippen LogP) is -0.0514. The highest BCUT2D eigenvalue weighted by Crippen LogP contribution is 2.09. The Morgan fingerprint density at radius 2 is 0.489 bits per heavy atom. The summed E-state index contributed by atoms with van der Waals surface area (Å²) >= 11 is 0. The lowest BCUT2D eigenvalue weighted by Crippen LogP contribution is -2.48. The molecule has 0 radical (unpaired) electrons. The Kier molecular flexibility index (Phi) is 20.4. The molecule has 5 N–H and O–H groups in total. The highest BCUT2D eigenvalue weighted by atomic mass is 16.2. The Morgan fingerprint density at radius 3 is 0.702 bits per heavy atom. The van der Waals surface area contributed by atoms with Gasteiger partial charge in [-0.25, -0.2) is 0 Å². The van der Waals surface area contributed by atoms with Crippen LogP contribution in [0.5, 0.6) is 0 Å². The second-order valence-corrected chi connectivity index (χ2v) is 12.3. The van der Waals surface area contributed by atoms with Gasteiger partial charge in [-0.15, -0.1) is 0 Å². The van der Waals surface area contributed by atoms with E-state index in [0.717, 1.165) is 0 Å². The first-order chi connectivity index (χ1) is 21.8. The average molecular weight is 666 g/mol. The van der Waals surface area contributed by atoms with E-state index in [1.165, 1.54) is 41.5 Å². The van der Waals surface area contributed by atoms with Gasteiger partial charge in [0.05, 0.1) is 0 Å². The van der Waals surface area contributed by atoms with Crippen molar-refractivity contribution in [1.82, 2.24) is 26.6 Å². The quantitative estimate of drug-likeness (QED) is 0.0868. The van der Waals surface area contributed by atoms with Crippen LogP contribution in [0.2, 0.25) is 0 Å². The van der Waals surface area contributed by atoms with Crippen LogP contribution in [0.4, 0.5) is 0 Å². The molecule has 0 aliphatic carbocycles. The van der Waals surface area contributed by atoms with Gasteiger partial charge in [0.15, 0.2) is 0 Å². The van der Waals surface area contributed by atoms with Crippen molar-refractivity contribution >= 4 is 58.3 Å². The molecule has 0 rings (SSSR count). The second-order valence-electron chi connectivity index (χ2n) is 12.3. The van der Waals surface area contributed by atoms with Gasteiger partial charge in [-0.05, 0) is 48.6 Å². The zero-order valence-corrected chi connectivity index (χ0v) is 28.5. The van der Waals surface area contributed by atoms with Crippen molar-refractivity contribution in [2.45, 2.75) is 136 Å². The van der Waals surface area contributed by atoms with Gasteiger partial charge in [-0.1, -0.05) is 0 Å². The molecule has 0 spiro atoms. The van der Waals surface area contributed by atoms with Crippen LogP contribution in [0.15, 0.2) is 0 Å². The number of carbonyl (C=O) groups excluding carboxylic acids is 10. The molecule has 0 aromatic rings. The molecule has 47 heavy (non-hydrogen) atoms. The van der Waals surface area contributed by atoms with E-state index < -0.39 is 66.7 Å². The first-order valence-electron chi connectivity index (χ1n) is 15.6. The summed E-state index contributed by atoms with van der Waals surface area (Å²) in [4.78, 5) is 122. The normalized spacial score (nSPS) is 12.8. The van der Waals surface area contributed by atoms with Crippen molar-refractivity contribution in [1.29, 1.82) is 0 Å². The van der Waals surface area contributed by atoms with Crippen LogP contribution in [0.3, 0.4) is 0 Å². The monoisotopic (exact) mass is 665 g/mol. The molecule has 0 fully saturated rings. The molecule has 0 heterocycles. The smallest absolute Gasteiger partial charge is 0.222 e. The van der Waals surface area contributed by atoms with E-state index in [-0.39, 0.29) is 86.1 Å². The van der Waals surface area contributed by atoms with Gasteiger partial charge >= 0.3 is 0 Å². The Balaban J connectivity index is 5.86. The van der Waals surface area contributed by atoms with Crippen molar-refractivity contribution < 1.29 is 47.9 Å². The van der Waals surface area contributed by atoms with E-state index in [1.54, 1.807) is 7.05 Å². The molecule has 4 amide bonds. The van der Waals surface area contributed by atoms with E-state index in [1.807, 2.05) is 0 Å². The minimum atomic E-state index is -1.07. The summed E-state index contributed by atoms with van der Waals surface area (Å²) in [5, 5.41) is 13.3. The highest BCUT2D eigenvalue weighted by Gasteiger charge is 2.27. The van der Waals surface area contributed by atoms with Crippen LogP contribution in [0, 0.1) is 0 Å². The molecule has 3 unspecified atom stereocenters. The van der Waals surface area contributed by atoms with Crippen molar-refractivity contribution in [2.75, 3.05) is 7.05 Å². The lowest BCUT2D eigenvalue weighted by atomic mass is 10.0. The number of amides is 4. The first kappa shape index (κ1) is 42.9. The molecule has 0 saturated heterocycles. The van der Waals surface area contributed by atoms with Gasteiger partial charge in [0.1, 0.15) is 34.7 Å². The van der Waals surface area contributed by atoms with E-state index in [2.05, 4.69) is 26.6 Å². The fourth-order valence-corrected chi connectivity index (χ4v) is 5.10. The summed E-state index contributed by atoms with van der Waals surface area (Å²) < 4.78 is 0. The molecule has 15 nitrogen and oxygen atoms in total. The average Bonchev–Trinajstić information content (AvgIpc) is 2.85. The van der Waals surface area contributed by atoms with Gasteiger partial charge in [0.2, 0.25) is 23.6 Å². The molecule has 15 heteroatoms. The molecule has 0 aliphatic heterocycles. The number of nitrogens with one attached hydrogen (secondary N) is 5. The largest absolute Gasteiger partial charge is 0.352 e.